The number of benzene rings is 2. The molecule has 1 amide bonds. The third kappa shape index (κ3) is 5.90. The number of anilines is 1. The van der Waals surface area contributed by atoms with Crippen LogP contribution in [0.2, 0.25) is 0 Å². The van der Waals surface area contributed by atoms with Crippen LogP contribution in [0, 0.1) is 13.8 Å². The van der Waals surface area contributed by atoms with Crippen molar-refractivity contribution in [2.24, 2.45) is 5.10 Å². The quantitative estimate of drug-likeness (QED) is 0.539. The Kier molecular flexibility index (Phi) is 6.78. The number of rotatable bonds is 6. The van der Waals surface area contributed by atoms with Gasteiger partial charge < -0.3 is 0 Å². The summed E-state index contributed by atoms with van der Waals surface area (Å²) in [5, 5.41) is 4.07. The molecule has 0 aliphatic carbocycles. The largest absolute Gasteiger partial charge is 0.271 e. The Labute approximate surface area is 168 Å². The van der Waals surface area contributed by atoms with E-state index in [0.717, 1.165) is 31.7 Å². The monoisotopic (exact) mass is 451 g/mol. The molecule has 0 heterocycles. The minimum Gasteiger partial charge on any atom is -0.271 e. The first-order chi connectivity index (χ1) is 12.6. The molecule has 8 heteroatoms. The highest BCUT2D eigenvalue weighted by molar-refractivity contribution is 9.10. The topological polar surface area (TPSA) is 78.8 Å². The average Bonchev–Trinajstić information content (AvgIpc) is 2.59. The van der Waals surface area contributed by atoms with Gasteiger partial charge in [0.2, 0.25) is 10.0 Å². The fourth-order valence-corrected chi connectivity index (χ4v) is 3.62. The van der Waals surface area contributed by atoms with E-state index in [0.29, 0.717) is 11.4 Å². The molecule has 0 aromatic heterocycles. The van der Waals surface area contributed by atoms with Crippen molar-refractivity contribution in [1.29, 1.82) is 0 Å². The molecule has 1 N–H and O–H groups in total. The van der Waals surface area contributed by atoms with E-state index in [4.69, 9.17) is 0 Å². The molecule has 2 rings (SSSR count). The lowest BCUT2D eigenvalue weighted by atomic mass is 10.1. The van der Waals surface area contributed by atoms with Crippen molar-refractivity contribution >= 4 is 43.3 Å². The van der Waals surface area contributed by atoms with Crippen molar-refractivity contribution < 1.29 is 13.2 Å². The van der Waals surface area contributed by atoms with E-state index >= 15 is 0 Å². The van der Waals surface area contributed by atoms with Crippen LogP contribution in [0.1, 0.15) is 23.6 Å². The predicted octanol–water partition coefficient (Wildman–Crippen LogP) is 3.37. The van der Waals surface area contributed by atoms with E-state index in [-0.39, 0.29) is 6.54 Å². The van der Waals surface area contributed by atoms with E-state index in [9.17, 15) is 13.2 Å². The van der Waals surface area contributed by atoms with Gasteiger partial charge in [-0.1, -0.05) is 34.1 Å². The second-order valence-corrected chi connectivity index (χ2v) is 9.10. The fraction of sp³-hybridized carbons (Fsp3) is 0.263. The smallest absolute Gasteiger partial charge is 0.260 e. The Balaban J connectivity index is 2.17. The van der Waals surface area contributed by atoms with Crippen LogP contribution >= 0.6 is 15.9 Å². The van der Waals surface area contributed by atoms with Gasteiger partial charge in [0.1, 0.15) is 6.54 Å². The Morgan fingerprint density at radius 3 is 2.44 bits per heavy atom. The molecule has 0 fully saturated rings. The second-order valence-electron chi connectivity index (χ2n) is 6.28. The summed E-state index contributed by atoms with van der Waals surface area (Å²) >= 11 is 3.39. The van der Waals surface area contributed by atoms with Crippen LogP contribution in [0.25, 0.3) is 0 Å². The maximum absolute atomic E-state index is 12.3. The summed E-state index contributed by atoms with van der Waals surface area (Å²) in [7, 11) is -3.62. The number of sulfonamides is 1. The number of amides is 1. The van der Waals surface area contributed by atoms with Crippen LogP contribution in [0.4, 0.5) is 5.69 Å². The van der Waals surface area contributed by atoms with E-state index in [1.165, 1.54) is 0 Å². The second kappa shape index (κ2) is 8.67. The molecular formula is C19H22BrN3O3S. The predicted molar refractivity (Wildman–Crippen MR) is 113 cm³/mol. The van der Waals surface area contributed by atoms with Crippen molar-refractivity contribution in [2.75, 3.05) is 17.1 Å². The lowest BCUT2D eigenvalue weighted by Crippen LogP contribution is -2.39. The molecule has 6 nitrogen and oxygen atoms in total. The number of carbonyl (C=O) groups is 1. The molecule has 2 aromatic carbocycles. The van der Waals surface area contributed by atoms with Crippen LogP contribution in [-0.4, -0.2) is 32.8 Å². The first kappa shape index (κ1) is 21.1. The van der Waals surface area contributed by atoms with Crippen LogP contribution < -0.4 is 9.73 Å². The Hall–Kier alpha value is -2.19. The number of carbonyl (C=O) groups excluding carboxylic acids is 1. The summed E-state index contributed by atoms with van der Waals surface area (Å²) in [5.74, 6) is -0.520. The lowest BCUT2D eigenvalue weighted by molar-refractivity contribution is -0.119. The minimum absolute atomic E-state index is 0.351. The van der Waals surface area contributed by atoms with Gasteiger partial charge in [-0.25, -0.2) is 13.8 Å². The normalized spacial score (nSPS) is 12.0. The first-order valence-electron chi connectivity index (χ1n) is 8.22. The highest BCUT2D eigenvalue weighted by Crippen LogP contribution is 2.21. The summed E-state index contributed by atoms with van der Waals surface area (Å²) in [6.45, 7) is 5.25. The third-order valence-corrected chi connectivity index (χ3v) is 5.69. The molecule has 0 aliphatic rings. The molecule has 0 unspecified atom stereocenters. The van der Waals surface area contributed by atoms with Crippen molar-refractivity contribution in [3.63, 3.8) is 0 Å². The number of hydrazone groups is 1. The summed E-state index contributed by atoms with van der Waals surface area (Å²) < 4.78 is 26.3. The fourth-order valence-electron chi connectivity index (χ4n) is 2.37. The van der Waals surface area contributed by atoms with Crippen LogP contribution in [0.3, 0.4) is 0 Å². The highest BCUT2D eigenvalue weighted by Gasteiger charge is 2.21. The third-order valence-electron chi connectivity index (χ3n) is 4.06. The Bertz CT molecular complexity index is 987. The van der Waals surface area contributed by atoms with Gasteiger partial charge in [0.25, 0.3) is 5.91 Å². The van der Waals surface area contributed by atoms with Gasteiger partial charge in [-0.2, -0.15) is 5.10 Å². The number of nitrogens with zero attached hydrogens (tertiary/aromatic N) is 2. The molecule has 0 saturated heterocycles. The molecule has 144 valence electrons. The first-order valence-corrected chi connectivity index (χ1v) is 10.9. The number of nitrogens with one attached hydrogen (secondary N) is 1. The summed E-state index contributed by atoms with van der Waals surface area (Å²) in [5.41, 5.74) is 6.33. The summed E-state index contributed by atoms with van der Waals surface area (Å²) in [4.78, 5) is 12.3. The van der Waals surface area contributed by atoms with Gasteiger partial charge in [0.05, 0.1) is 17.7 Å². The molecular weight excluding hydrogens is 430 g/mol. The van der Waals surface area contributed by atoms with Gasteiger partial charge in [-0.3, -0.25) is 9.10 Å². The van der Waals surface area contributed by atoms with Crippen molar-refractivity contribution in [2.45, 2.75) is 20.8 Å². The maximum Gasteiger partial charge on any atom is 0.260 e. The standard InChI is InChI=1S/C19H22BrN3O3S/c1-13-8-9-18(10-14(13)2)23(27(4,25)26)12-19(24)22-21-15(3)16-6-5-7-17(20)11-16/h5-11H,12H2,1-4H3,(H,22,24)/b21-15-. The summed E-state index contributed by atoms with van der Waals surface area (Å²) in [6.07, 6.45) is 1.07. The summed E-state index contributed by atoms with van der Waals surface area (Å²) in [6, 6.07) is 12.8. The van der Waals surface area contributed by atoms with Gasteiger partial charge >= 0.3 is 0 Å². The molecule has 0 aliphatic heterocycles. The highest BCUT2D eigenvalue weighted by atomic mass is 79.9. The number of hydrogen-bond donors (Lipinski definition) is 1. The zero-order valence-corrected chi connectivity index (χ0v) is 18.1. The molecule has 0 bridgehead atoms. The molecule has 0 spiro atoms. The Morgan fingerprint density at radius 2 is 1.85 bits per heavy atom. The van der Waals surface area contributed by atoms with Gasteiger partial charge in [0.15, 0.2) is 0 Å². The van der Waals surface area contributed by atoms with Crippen molar-refractivity contribution in [3.05, 3.63) is 63.6 Å². The Morgan fingerprint density at radius 1 is 1.15 bits per heavy atom. The van der Waals surface area contributed by atoms with Gasteiger partial charge in [-0.05, 0) is 61.7 Å². The molecule has 2 aromatic rings. The zero-order valence-electron chi connectivity index (χ0n) is 15.7. The van der Waals surface area contributed by atoms with Gasteiger partial charge in [0, 0.05) is 4.47 Å². The number of hydrogen-bond acceptors (Lipinski definition) is 4. The van der Waals surface area contributed by atoms with Crippen LogP contribution in [0.15, 0.2) is 52.0 Å². The van der Waals surface area contributed by atoms with E-state index < -0.39 is 15.9 Å². The average molecular weight is 452 g/mol. The van der Waals surface area contributed by atoms with Crippen LogP contribution in [-0.2, 0) is 14.8 Å². The van der Waals surface area contributed by atoms with Gasteiger partial charge in [-0.15, -0.1) is 0 Å². The zero-order chi connectivity index (χ0) is 20.2. The van der Waals surface area contributed by atoms with E-state index in [1.807, 2.05) is 44.2 Å². The molecule has 0 atom stereocenters. The van der Waals surface area contributed by atoms with Crippen molar-refractivity contribution in [1.82, 2.24) is 5.43 Å². The maximum atomic E-state index is 12.3. The van der Waals surface area contributed by atoms with E-state index in [1.54, 1.807) is 19.1 Å². The number of aryl methyl sites for hydroxylation is 2. The minimum atomic E-state index is -3.62. The molecule has 0 radical (unpaired) electrons. The van der Waals surface area contributed by atoms with E-state index in [2.05, 4.69) is 26.5 Å². The molecule has 0 saturated carbocycles. The van der Waals surface area contributed by atoms with Crippen LogP contribution in [0.5, 0.6) is 0 Å². The van der Waals surface area contributed by atoms with Crippen molar-refractivity contribution in [3.8, 4) is 0 Å². The number of halogens is 1. The lowest BCUT2D eigenvalue weighted by Gasteiger charge is -2.22. The SMILES string of the molecule is C/C(=N/NC(=O)CN(c1ccc(C)c(C)c1)S(C)(=O)=O)c1cccc(Br)c1. The molecule has 27 heavy (non-hydrogen) atoms.